The fourth-order valence-electron chi connectivity index (χ4n) is 3.73. The summed E-state index contributed by atoms with van der Waals surface area (Å²) in [6.45, 7) is 9.25. The van der Waals surface area contributed by atoms with Crippen LogP contribution in [-0.2, 0) is 24.3 Å². The summed E-state index contributed by atoms with van der Waals surface area (Å²) in [5.74, 6) is -0.0607. The molecular weight excluding hydrogens is 442 g/mol. The average molecular weight is 478 g/mol. The lowest BCUT2D eigenvalue weighted by Crippen LogP contribution is -2.47. The number of hydrogen-bond donors (Lipinski definition) is 1. The minimum absolute atomic E-state index is 0.0333. The van der Waals surface area contributed by atoms with Crippen molar-refractivity contribution < 1.29 is 9.59 Å². The van der Waals surface area contributed by atoms with Crippen molar-refractivity contribution in [1.82, 2.24) is 9.80 Å². The second-order valence-corrected chi connectivity index (χ2v) is 9.63. The van der Waals surface area contributed by atoms with E-state index >= 15 is 0 Å². The lowest BCUT2D eigenvalue weighted by molar-refractivity contribution is -0.133. The molecule has 1 N–H and O–H groups in total. The molecule has 0 saturated heterocycles. The zero-order chi connectivity index (χ0) is 24.5. The monoisotopic (exact) mass is 477 g/mol. The number of benzene rings is 2. The Hall–Kier alpha value is -3.12. The fourth-order valence-corrected chi connectivity index (χ4v) is 4.65. The minimum atomic E-state index is -0.247. The molecule has 0 aliphatic rings. The molecule has 1 heterocycles. The van der Waals surface area contributed by atoms with Crippen LogP contribution in [0.1, 0.15) is 48.8 Å². The van der Waals surface area contributed by atoms with E-state index in [1.165, 1.54) is 10.4 Å². The molecule has 1 unspecified atom stereocenters. The molecule has 34 heavy (non-hydrogen) atoms. The first kappa shape index (κ1) is 25.5. The Morgan fingerprint density at radius 3 is 2.35 bits per heavy atom. The lowest BCUT2D eigenvalue weighted by Gasteiger charge is -2.31. The van der Waals surface area contributed by atoms with Crippen LogP contribution in [0, 0.1) is 6.92 Å². The molecule has 6 heteroatoms. The molecule has 0 bridgehead atoms. The van der Waals surface area contributed by atoms with Gasteiger partial charge < -0.3 is 15.1 Å². The standard InChI is InChI=1S/C28H35N3O2S/c1-5-22(4)31(28(33)29-25-14-10-13-23(6-2)17-25)20-27(32)30(18-24-11-8-7-9-12-24)19-26-21(3)15-16-34-26/h7-17,22H,5-6,18-20H2,1-4H3,(H,29,33). The van der Waals surface area contributed by atoms with Crippen LogP contribution < -0.4 is 5.32 Å². The molecule has 1 aromatic heterocycles. The van der Waals surface area contributed by atoms with Gasteiger partial charge in [-0.1, -0.05) is 56.3 Å². The highest BCUT2D eigenvalue weighted by molar-refractivity contribution is 7.10. The quantitative estimate of drug-likeness (QED) is 0.363. The van der Waals surface area contributed by atoms with Crippen LogP contribution in [0.15, 0.2) is 66.0 Å². The van der Waals surface area contributed by atoms with Gasteiger partial charge in [-0.2, -0.15) is 0 Å². The predicted molar refractivity (Wildman–Crippen MR) is 141 cm³/mol. The van der Waals surface area contributed by atoms with E-state index in [0.29, 0.717) is 13.1 Å². The van der Waals surface area contributed by atoms with Crippen LogP contribution in [0.5, 0.6) is 0 Å². The number of hydrogen-bond acceptors (Lipinski definition) is 3. The number of aryl methyl sites for hydroxylation is 2. The van der Waals surface area contributed by atoms with Crippen molar-refractivity contribution >= 4 is 29.0 Å². The first-order chi connectivity index (χ1) is 16.4. The fraction of sp³-hybridized carbons (Fsp3) is 0.357. The van der Waals surface area contributed by atoms with Crippen molar-refractivity contribution in [2.45, 2.75) is 59.7 Å². The van der Waals surface area contributed by atoms with E-state index in [9.17, 15) is 9.59 Å². The molecule has 180 valence electrons. The molecule has 3 rings (SSSR count). The third-order valence-electron chi connectivity index (χ3n) is 6.15. The Bertz CT molecular complexity index is 1080. The van der Waals surface area contributed by atoms with Gasteiger partial charge in [-0.15, -0.1) is 11.3 Å². The Balaban J connectivity index is 1.79. The zero-order valence-electron chi connectivity index (χ0n) is 20.6. The number of anilines is 1. The molecule has 0 fully saturated rings. The van der Waals surface area contributed by atoms with Crippen LogP contribution in [0.2, 0.25) is 0 Å². The van der Waals surface area contributed by atoms with Crippen LogP contribution in [0.3, 0.4) is 0 Å². The van der Waals surface area contributed by atoms with Gasteiger partial charge in [0.25, 0.3) is 0 Å². The highest BCUT2D eigenvalue weighted by atomic mass is 32.1. The third kappa shape index (κ3) is 6.94. The van der Waals surface area contributed by atoms with Gasteiger partial charge in [0.1, 0.15) is 6.54 Å². The van der Waals surface area contributed by atoms with Gasteiger partial charge in [0.15, 0.2) is 0 Å². The Kier molecular flexibility index (Phi) is 9.28. The Labute approximate surface area is 207 Å². The van der Waals surface area contributed by atoms with Gasteiger partial charge in [0, 0.05) is 23.2 Å². The van der Waals surface area contributed by atoms with Gasteiger partial charge in [0.05, 0.1) is 6.54 Å². The first-order valence-electron chi connectivity index (χ1n) is 11.9. The number of nitrogens with zero attached hydrogens (tertiary/aromatic N) is 2. The largest absolute Gasteiger partial charge is 0.332 e. The maximum atomic E-state index is 13.6. The first-order valence-corrected chi connectivity index (χ1v) is 12.8. The molecule has 0 saturated carbocycles. The molecule has 5 nitrogen and oxygen atoms in total. The molecule has 0 aliphatic carbocycles. The van der Waals surface area contributed by atoms with E-state index in [0.717, 1.165) is 29.7 Å². The summed E-state index contributed by atoms with van der Waals surface area (Å²) in [6.07, 6.45) is 1.66. The normalized spacial score (nSPS) is 11.6. The van der Waals surface area contributed by atoms with Crippen LogP contribution >= 0.6 is 11.3 Å². The van der Waals surface area contributed by atoms with Gasteiger partial charge in [-0.25, -0.2) is 4.79 Å². The average Bonchev–Trinajstić information content (AvgIpc) is 3.26. The van der Waals surface area contributed by atoms with E-state index < -0.39 is 0 Å². The maximum absolute atomic E-state index is 13.6. The van der Waals surface area contributed by atoms with Crippen molar-refractivity contribution in [1.29, 1.82) is 0 Å². The van der Waals surface area contributed by atoms with Crippen molar-refractivity contribution in [3.8, 4) is 0 Å². The summed E-state index contributed by atoms with van der Waals surface area (Å²) in [5, 5.41) is 5.05. The smallest absolute Gasteiger partial charge is 0.322 e. The Morgan fingerprint density at radius 1 is 0.971 bits per heavy atom. The maximum Gasteiger partial charge on any atom is 0.322 e. The number of carbonyl (C=O) groups is 2. The van der Waals surface area contributed by atoms with Gasteiger partial charge in [-0.3, -0.25) is 4.79 Å². The molecule has 1 atom stereocenters. The highest BCUT2D eigenvalue weighted by Crippen LogP contribution is 2.20. The number of rotatable bonds is 10. The molecule has 0 spiro atoms. The summed E-state index contributed by atoms with van der Waals surface area (Å²) >= 11 is 1.66. The van der Waals surface area contributed by atoms with Crippen molar-refractivity contribution in [2.75, 3.05) is 11.9 Å². The zero-order valence-corrected chi connectivity index (χ0v) is 21.4. The Morgan fingerprint density at radius 2 is 1.71 bits per heavy atom. The number of carbonyl (C=O) groups excluding carboxylic acids is 2. The molecule has 0 radical (unpaired) electrons. The number of thiophene rings is 1. The van der Waals surface area contributed by atoms with Crippen LogP contribution in [-0.4, -0.2) is 34.3 Å². The summed E-state index contributed by atoms with van der Waals surface area (Å²) in [5.41, 5.74) is 4.16. The predicted octanol–water partition coefficient (Wildman–Crippen LogP) is 6.48. The number of urea groups is 1. The van der Waals surface area contributed by atoms with Crippen molar-refractivity contribution in [3.63, 3.8) is 0 Å². The summed E-state index contributed by atoms with van der Waals surface area (Å²) in [7, 11) is 0. The van der Waals surface area contributed by atoms with Gasteiger partial charge >= 0.3 is 6.03 Å². The molecular formula is C28H35N3O2S. The molecule has 3 amide bonds. The van der Waals surface area contributed by atoms with Gasteiger partial charge in [0.2, 0.25) is 5.91 Å². The summed E-state index contributed by atoms with van der Waals surface area (Å²) < 4.78 is 0. The number of amides is 3. The second-order valence-electron chi connectivity index (χ2n) is 8.63. The lowest BCUT2D eigenvalue weighted by atomic mass is 10.1. The third-order valence-corrected chi connectivity index (χ3v) is 7.16. The van der Waals surface area contributed by atoms with Crippen LogP contribution in [0.4, 0.5) is 10.5 Å². The van der Waals surface area contributed by atoms with E-state index in [2.05, 4.69) is 30.6 Å². The summed E-state index contributed by atoms with van der Waals surface area (Å²) in [6, 6.07) is 19.6. The van der Waals surface area contributed by atoms with E-state index in [1.807, 2.05) is 73.3 Å². The van der Waals surface area contributed by atoms with Crippen molar-refractivity contribution in [3.05, 3.63) is 87.6 Å². The molecule has 3 aromatic rings. The van der Waals surface area contributed by atoms with Crippen LogP contribution in [0.25, 0.3) is 0 Å². The van der Waals surface area contributed by atoms with E-state index in [4.69, 9.17) is 0 Å². The topological polar surface area (TPSA) is 52.7 Å². The second kappa shape index (κ2) is 12.4. The summed E-state index contributed by atoms with van der Waals surface area (Å²) in [4.78, 5) is 31.5. The van der Waals surface area contributed by atoms with Gasteiger partial charge in [-0.05, 0) is 67.0 Å². The van der Waals surface area contributed by atoms with Crippen molar-refractivity contribution in [2.24, 2.45) is 0 Å². The SMILES string of the molecule is CCc1cccc(NC(=O)N(CC(=O)N(Cc2ccccc2)Cc2sccc2C)C(C)CC)c1. The molecule has 2 aromatic carbocycles. The number of nitrogens with one attached hydrogen (secondary N) is 1. The minimum Gasteiger partial charge on any atom is -0.332 e. The van der Waals surface area contributed by atoms with E-state index in [1.54, 1.807) is 16.2 Å². The van der Waals surface area contributed by atoms with E-state index in [-0.39, 0.29) is 24.5 Å². The molecule has 0 aliphatic heterocycles. The highest BCUT2D eigenvalue weighted by Gasteiger charge is 2.25.